The molecule has 1 rings (SSSR count). The molecule has 1 amide bonds. The minimum absolute atomic E-state index is 0.0427. The van der Waals surface area contributed by atoms with Crippen LogP contribution in [-0.2, 0) is 0 Å². The Morgan fingerprint density at radius 2 is 2.39 bits per heavy atom. The molecule has 0 aliphatic carbocycles. The van der Waals surface area contributed by atoms with E-state index in [0.717, 1.165) is 0 Å². The van der Waals surface area contributed by atoms with E-state index in [9.17, 15) is 9.90 Å². The zero-order chi connectivity index (χ0) is 13.5. The number of pyridine rings is 1. The van der Waals surface area contributed by atoms with E-state index in [1.807, 2.05) is 6.92 Å². The number of carbonyl (C=O) groups is 1. The predicted octanol–water partition coefficient (Wildman–Crippen LogP) is 0.432. The van der Waals surface area contributed by atoms with E-state index in [2.05, 4.69) is 15.5 Å². The molecule has 0 aliphatic heterocycles. The summed E-state index contributed by atoms with van der Waals surface area (Å²) in [5.74, 6) is -0.567. The van der Waals surface area contributed by atoms with Crippen molar-refractivity contribution < 1.29 is 15.1 Å². The lowest BCUT2D eigenvalue weighted by Crippen LogP contribution is -2.37. The Morgan fingerprint density at radius 3 is 2.94 bits per heavy atom. The van der Waals surface area contributed by atoms with Crippen LogP contribution in [0.3, 0.4) is 0 Å². The van der Waals surface area contributed by atoms with E-state index in [1.165, 1.54) is 18.5 Å². The molecule has 5 N–H and O–H groups in total. The molecule has 1 aromatic heterocycles. The number of nitrogens with zero attached hydrogens (tertiary/aromatic N) is 2. The van der Waals surface area contributed by atoms with Crippen LogP contribution in [0, 0.1) is 0 Å². The Kier molecular flexibility index (Phi) is 4.91. The lowest BCUT2D eigenvalue weighted by molar-refractivity contribution is 0.0934. The van der Waals surface area contributed by atoms with Gasteiger partial charge < -0.3 is 21.4 Å². The van der Waals surface area contributed by atoms with Crippen LogP contribution in [0.25, 0.3) is 0 Å². The second-order valence-corrected chi connectivity index (χ2v) is 3.77. The fraction of sp³-hybridized carbons (Fsp3) is 0.364. The van der Waals surface area contributed by atoms with Crippen LogP contribution in [0.15, 0.2) is 23.6 Å². The van der Waals surface area contributed by atoms with Gasteiger partial charge in [-0.25, -0.2) is 0 Å². The molecule has 0 aliphatic rings. The number of carbonyl (C=O) groups excluding carboxylic acids is 1. The van der Waals surface area contributed by atoms with Crippen molar-refractivity contribution >= 4 is 11.7 Å². The second-order valence-electron chi connectivity index (χ2n) is 3.77. The summed E-state index contributed by atoms with van der Waals surface area (Å²) in [5, 5.41) is 23.5. The molecule has 18 heavy (non-hydrogen) atoms. The first kappa shape index (κ1) is 13.8. The van der Waals surface area contributed by atoms with Crippen LogP contribution < -0.4 is 11.1 Å². The van der Waals surface area contributed by atoms with Crippen molar-refractivity contribution in [3.05, 3.63) is 24.0 Å². The van der Waals surface area contributed by atoms with Crippen molar-refractivity contribution in [2.75, 3.05) is 0 Å². The first-order valence-corrected chi connectivity index (χ1v) is 5.48. The number of aromatic hydroxyl groups is 1. The fourth-order valence-electron chi connectivity index (χ4n) is 1.43. The van der Waals surface area contributed by atoms with Gasteiger partial charge in [0, 0.05) is 18.7 Å². The molecule has 0 bridgehead atoms. The molecule has 0 spiro atoms. The quantitative estimate of drug-likeness (QED) is 0.262. The molecule has 7 nitrogen and oxygen atoms in total. The second kappa shape index (κ2) is 6.43. The van der Waals surface area contributed by atoms with Gasteiger partial charge in [0.2, 0.25) is 0 Å². The molecule has 0 fully saturated rings. The van der Waals surface area contributed by atoms with Crippen LogP contribution in [0.5, 0.6) is 5.75 Å². The van der Waals surface area contributed by atoms with E-state index in [0.29, 0.717) is 6.42 Å². The summed E-state index contributed by atoms with van der Waals surface area (Å²) in [6.45, 7) is 1.86. The lowest BCUT2D eigenvalue weighted by atomic mass is 10.1. The minimum atomic E-state index is -0.424. The van der Waals surface area contributed by atoms with Gasteiger partial charge in [-0.15, -0.1) is 0 Å². The topological polar surface area (TPSA) is 121 Å². The zero-order valence-electron chi connectivity index (χ0n) is 10.00. The molecule has 0 saturated carbocycles. The van der Waals surface area contributed by atoms with Crippen molar-refractivity contribution in [3.63, 3.8) is 0 Å². The molecule has 98 valence electrons. The van der Waals surface area contributed by atoms with Crippen LogP contribution in [0.2, 0.25) is 0 Å². The summed E-state index contributed by atoms with van der Waals surface area (Å²) >= 11 is 0. The third-order valence-electron chi connectivity index (χ3n) is 2.46. The summed E-state index contributed by atoms with van der Waals surface area (Å²) in [5.41, 5.74) is 5.52. The monoisotopic (exact) mass is 252 g/mol. The SMILES string of the molecule is CCC(C/C(N)=N/O)NC(=O)c1ccncc1O. The van der Waals surface area contributed by atoms with Crippen molar-refractivity contribution in [1.29, 1.82) is 0 Å². The largest absolute Gasteiger partial charge is 0.505 e. The maximum atomic E-state index is 11.9. The van der Waals surface area contributed by atoms with Gasteiger partial charge in [0.25, 0.3) is 5.91 Å². The van der Waals surface area contributed by atoms with Crippen LogP contribution in [0.4, 0.5) is 0 Å². The number of nitrogens with two attached hydrogens (primary N) is 1. The third kappa shape index (κ3) is 3.62. The van der Waals surface area contributed by atoms with Gasteiger partial charge in [0.15, 0.2) is 0 Å². The number of amidine groups is 1. The van der Waals surface area contributed by atoms with Crippen molar-refractivity contribution in [1.82, 2.24) is 10.3 Å². The highest BCUT2D eigenvalue weighted by Gasteiger charge is 2.16. The van der Waals surface area contributed by atoms with Crippen molar-refractivity contribution in [2.45, 2.75) is 25.8 Å². The number of aromatic nitrogens is 1. The summed E-state index contributed by atoms with van der Waals surface area (Å²) in [6.07, 6.45) is 3.47. The molecule has 1 unspecified atom stereocenters. The van der Waals surface area contributed by atoms with E-state index >= 15 is 0 Å². The molecule has 1 heterocycles. The van der Waals surface area contributed by atoms with Gasteiger partial charge in [-0.2, -0.15) is 0 Å². The average Bonchev–Trinajstić information content (AvgIpc) is 2.38. The van der Waals surface area contributed by atoms with Gasteiger partial charge >= 0.3 is 0 Å². The smallest absolute Gasteiger partial charge is 0.255 e. The highest BCUT2D eigenvalue weighted by molar-refractivity contribution is 5.97. The van der Waals surface area contributed by atoms with E-state index in [4.69, 9.17) is 10.9 Å². The van der Waals surface area contributed by atoms with Gasteiger partial charge in [-0.3, -0.25) is 9.78 Å². The Hall–Kier alpha value is -2.31. The predicted molar refractivity (Wildman–Crippen MR) is 65.5 cm³/mol. The first-order valence-electron chi connectivity index (χ1n) is 5.48. The molecule has 0 radical (unpaired) electrons. The molecule has 0 saturated heterocycles. The van der Waals surface area contributed by atoms with Gasteiger partial charge in [0.05, 0.1) is 11.8 Å². The summed E-state index contributed by atoms with van der Waals surface area (Å²) in [6, 6.07) is 1.15. The zero-order valence-corrected chi connectivity index (χ0v) is 10.00. The minimum Gasteiger partial charge on any atom is -0.505 e. The Bertz CT molecular complexity index is 448. The maximum absolute atomic E-state index is 11.9. The first-order chi connectivity index (χ1) is 8.58. The highest BCUT2D eigenvalue weighted by Crippen LogP contribution is 2.14. The van der Waals surface area contributed by atoms with Gasteiger partial charge in [-0.1, -0.05) is 12.1 Å². The Morgan fingerprint density at radius 1 is 1.67 bits per heavy atom. The summed E-state index contributed by atoms with van der Waals surface area (Å²) in [7, 11) is 0. The van der Waals surface area contributed by atoms with Gasteiger partial charge in [0.1, 0.15) is 11.6 Å². The number of nitrogens with one attached hydrogen (secondary N) is 1. The normalized spacial score (nSPS) is 13.1. The van der Waals surface area contributed by atoms with E-state index in [-0.39, 0.29) is 29.6 Å². The fourth-order valence-corrected chi connectivity index (χ4v) is 1.43. The van der Waals surface area contributed by atoms with Gasteiger partial charge in [-0.05, 0) is 12.5 Å². The summed E-state index contributed by atoms with van der Waals surface area (Å²) in [4.78, 5) is 15.5. The molecular formula is C11H16N4O3. The summed E-state index contributed by atoms with van der Waals surface area (Å²) < 4.78 is 0. The average molecular weight is 252 g/mol. The maximum Gasteiger partial charge on any atom is 0.255 e. The Balaban J connectivity index is 2.71. The molecule has 0 aromatic carbocycles. The molecule has 1 atom stereocenters. The van der Waals surface area contributed by atoms with Crippen molar-refractivity contribution in [2.24, 2.45) is 10.9 Å². The number of hydrogen-bond acceptors (Lipinski definition) is 5. The number of rotatable bonds is 5. The molecule has 7 heteroatoms. The Labute approximate surface area is 104 Å². The van der Waals surface area contributed by atoms with E-state index < -0.39 is 5.91 Å². The van der Waals surface area contributed by atoms with Crippen molar-refractivity contribution in [3.8, 4) is 5.75 Å². The highest BCUT2D eigenvalue weighted by atomic mass is 16.4. The third-order valence-corrected chi connectivity index (χ3v) is 2.46. The van der Waals surface area contributed by atoms with Crippen LogP contribution >= 0.6 is 0 Å². The molecule has 1 aromatic rings. The number of oxime groups is 1. The van der Waals surface area contributed by atoms with Crippen LogP contribution in [-0.4, -0.2) is 33.1 Å². The lowest BCUT2D eigenvalue weighted by Gasteiger charge is -2.16. The standard InChI is InChI=1S/C11H16N4O3/c1-2-7(5-10(12)15-18)14-11(17)8-3-4-13-6-9(8)16/h3-4,6-7,16,18H,2,5H2,1H3,(H2,12,15)(H,14,17). The number of hydrogen-bond donors (Lipinski definition) is 4. The van der Waals surface area contributed by atoms with Crippen LogP contribution in [0.1, 0.15) is 30.1 Å². The molecular weight excluding hydrogens is 236 g/mol. The van der Waals surface area contributed by atoms with E-state index in [1.54, 1.807) is 0 Å². The number of amides is 1.